The molecule has 0 heterocycles. The zero-order valence-electron chi connectivity index (χ0n) is 18.9. The summed E-state index contributed by atoms with van der Waals surface area (Å²) >= 11 is 0. The van der Waals surface area contributed by atoms with Gasteiger partial charge in [-0.15, -0.1) is 0 Å². The molecule has 32 heavy (non-hydrogen) atoms. The lowest BCUT2D eigenvalue weighted by Gasteiger charge is -2.50. The van der Waals surface area contributed by atoms with Crippen molar-refractivity contribution in [1.82, 2.24) is 0 Å². The predicted octanol–water partition coefficient (Wildman–Crippen LogP) is 5.51. The first-order valence-electron chi connectivity index (χ1n) is 11.8. The van der Waals surface area contributed by atoms with Gasteiger partial charge in [0.2, 0.25) is 0 Å². The van der Waals surface area contributed by atoms with Crippen LogP contribution in [0.4, 0.5) is 0 Å². The van der Waals surface area contributed by atoms with E-state index in [0.717, 1.165) is 49.8 Å². The normalized spacial score (nSPS) is 31.1. The molecule has 2 aromatic carbocycles. The van der Waals surface area contributed by atoms with E-state index in [2.05, 4.69) is 6.92 Å². The van der Waals surface area contributed by atoms with Crippen molar-refractivity contribution < 1.29 is 19.7 Å². The zero-order chi connectivity index (χ0) is 22.5. The number of fused-ring (bicyclic) bond motifs is 5. The average molecular weight is 433 g/mol. The number of aromatic hydroxyl groups is 1. The van der Waals surface area contributed by atoms with Gasteiger partial charge in [0.1, 0.15) is 11.5 Å². The molecular weight excluding hydrogens is 400 g/mol. The highest BCUT2D eigenvalue weighted by Gasteiger charge is 2.54. The van der Waals surface area contributed by atoms with Crippen molar-refractivity contribution in [2.45, 2.75) is 57.5 Å². The molecular formula is C28H32O4. The molecule has 2 saturated carbocycles. The molecule has 2 N–H and O–H groups in total. The fourth-order valence-electron chi connectivity index (χ4n) is 6.75. The van der Waals surface area contributed by atoms with Crippen LogP contribution in [0.2, 0.25) is 0 Å². The number of hydrogen-bond acceptors (Lipinski definition) is 4. The first-order chi connectivity index (χ1) is 15.4. The molecule has 0 aliphatic heterocycles. The van der Waals surface area contributed by atoms with Gasteiger partial charge in [-0.1, -0.05) is 25.1 Å². The molecule has 5 rings (SSSR count). The summed E-state index contributed by atoms with van der Waals surface area (Å²) in [5.41, 5.74) is 3.75. The second-order valence-corrected chi connectivity index (χ2v) is 10.1. The second kappa shape index (κ2) is 8.08. The number of carbonyl (C=O) groups excluding carboxylic acids is 1. The summed E-state index contributed by atoms with van der Waals surface area (Å²) in [4.78, 5) is 13.0. The number of ketones is 1. The fraction of sp³-hybridized carbons (Fsp3) is 0.464. The summed E-state index contributed by atoms with van der Waals surface area (Å²) in [5, 5.41) is 21.2. The first kappa shape index (κ1) is 21.3. The number of hydrogen-bond donors (Lipinski definition) is 2. The number of carbonyl (C=O) groups is 1. The third-order valence-corrected chi connectivity index (χ3v) is 8.60. The molecule has 0 radical (unpaired) electrons. The molecule has 2 aromatic rings. The van der Waals surface area contributed by atoms with E-state index in [1.54, 1.807) is 13.2 Å². The molecule has 5 atom stereocenters. The molecule has 0 aromatic heterocycles. The van der Waals surface area contributed by atoms with Crippen LogP contribution in [-0.2, 0) is 6.42 Å². The van der Waals surface area contributed by atoms with Gasteiger partial charge in [0, 0.05) is 0 Å². The Morgan fingerprint density at radius 3 is 2.66 bits per heavy atom. The Kier molecular flexibility index (Phi) is 5.37. The Morgan fingerprint density at radius 1 is 1.12 bits per heavy atom. The molecule has 0 bridgehead atoms. The molecule has 0 amide bonds. The van der Waals surface area contributed by atoms with Crippen LogP contribution in [-0.4, -0.2) is 29.2 Å². The second-order valence-electron chi connectivity index (χ2n) is 10.1. The van der Waals surface area contributed by atoms with Gasteiger partial charge in [-0.05, 0) is 109 Å². The number of rotatable bonds is 4. The van der Waals surface area contributed by atoms with E-state index in [1.165, 1.54) is 17.2 Å². The van der Waals surface area contributed by atoms with Crippen molar-refractivity contribution in [3.05, 3.63) is 64.7 Å². The smallest absolute Gasteiger partial charge is 0.189 e. The van der Waals surface area contributed by atoms with Crippen molar-refractivity contribution in [3.63, 3.8) is 0 Å². The maximum absolute atomic E-state index is 13.0. The number of ether oxygens (including phenoxy) is 1. The Hall–Kier alpha value is -2.59. The molecule has 4 nitrogen and oxygen atoms in total. The average Bonchev–Trinajstić information content (AvgIpc) is 3.11. The van der Waals surface area contributed by atoms with Gasteiger partial charge in [0.15, 0.2) is 5.78 Å². The minimum absolute atomic E-state index is 0.0370. The van der Waals surface area contributed by atoms with E-state index in [1.807, 2.05) is 36.4 Å². The van der Waals surface area contributed by atoms with Gasteiger partial charge < -0.3 is 14.9 Å². The van der Waals surface area contributed by atoms with Crippen LogP contribution in [0.15, 0.2) is 42.5 Å². The van der Waals surface area contributed by atoms with E-state index in [-0.39, 0.29) is 23.1 Å². The van der Waals surface area contributed by atoms with Crippen LogP contribution in [0.3, 0.4) is 0 Å². The van der Waals surface area contributed by atoms with E-state index < -0.39 is 0 Å². The van der Waals surface area contributed by atoms with Gasteiger partial charge in [-0.3, -0.25) is 4.79 Å². The predicted molar refractivity (Wildman–Crippen MR) is 125 cm³/mol. The van der Waals surface area contributed by atoms with Gasteiger partial charge >= 0.3 is 0 Å². The lowest BCUT2D eigenvalue weighted by molar-refractivity contribution is -0.0226. The third kappa shape index (κ3) is 3.45. The van der Waals surface area contributed by atoms with Crippen molar-refractivity contribution in [1.29, 1.82) is 0 Å². The standard InChI is InChI=1S/C28H32O4/c1-28-14-13-20-21(24(28)10-12-27(28)31)9-6-18-15-26(30)23(16-22(18)20)25(29)11-5-17-3-7-19(32-2)8-4-17/h3-5,7-8,11,15-16,20-21,24,27,30-31H,6,9-10,12-14H2,1-2H3/b11-5+/t20-,21+,24-,27-,28-/m0/s1. The van der Waals surface area contributed by atoms with Crippen molar-refractivity contribution in [2.24, 2.45) is 17.3 Å². The van der Waals surface area contributed by atoms with Crippen LogP contribution in [0, 0.1) is 17.3 Å². The topological polar surface area (TPSA) is 66.8 Å². The number of aliphatic hydroxyl groups excluding tert-OH is 1. The molecule has 3 aliphatic carbocycles. The highest BCUT2D eigenvalue weighted by molar-refractivity contribution is 6.08. The van der Waals surface area contributed by atoms with Crippen LogP contribution < -0.4 is 4.74 Å². The number of methoxy groups -OCH3 is 1. The van der Waals surface area contributed by atoms with Gasteiger partial charge in [-0.2, -0.15) is 0 Å². The summed E-state index contributed by atoms with van der Waals surface area (Å²) < 4.78 is 5.18. The molecule has 0 saturated heterocycles. The monoisotopic (exact) mass is 432 g/mol. The first-order valence-corrected chi connectivity index (χ1v) is 11.8. The van der Waals surface area contributed by atoms with Crippen molar-refractivity contribution in [2.75, 3.05) is 7.11 Å². The maximum Gasteiger partial charge on any atom is 0.189 e. The summed E-state index contributed by atoms with van der Waals surface area (Å²) in [7, 11) is 1.62. The lowest BCUT2D eigenvalue weighted by Crippen LogP contribution is -2.43. The summed E-state index contributed by atoms with van der Waals surface area (Å²) in [6.45, 7) is 2.27. The zero-order valence-corrected chi connectivity index (χ0v) is 18.9. The van der Waals surface area contributed by atoms with Crippen LogP contribution in [0.25, 0.3) is 6.08 Å². The van der Waals surface area contributed by atoms with Gasteiger partial charge in [0.25, 0.3) is 0 Å². The lowest BCUT2D eigenvalue weighted by atomic mass is 9.55. The van der Waals surface area contributed by atoms with Crippen LogP contribution >= 0.6 is 0 Å². The van der Waals surface area contributed by atoms with E-state index in [4.69, 9.17) is 4.74 Å². The Morgan fingerprint density at radius 2 is 1.91 bits per heavy atom. The van der Waals surface area contributed by atoms with E-state index in [9.17, 15) is 15.0 Å². The number of phenols is 1. The number of aliphatic hydroxyl groups is 1. The maximum atomic E-state index is 13.0. The van der Waals surface area contributed by atoms with E-state index in [0.29, 0.717) is 23.3 Å². The Bertz CT molecular complexity index is 1050. The van der Waals surface area contributed by atoms with E-state index >= 15 is 0 Å². The van der Waals surface area contributed by atoms with Crippen molar-refractivity contribution >= 4 is 11.9 Å². The molecule has 168 valence electrons. The number of aryl methyl sites for hydroxylation is 1. The number of phenolic OH excluding ortho intramolecular Hbond substituents is 1. The fourth-order valence-corrected chi connectivity index (χ4v) is 6.75. The van der Waals surface area contributed by atoms with Crippen LogP contribution in [0.5, 0.6) is 11.5 Å². The quantitative estimate of drug-likeness (QED) is 0.494. The summed E-state index contributed by atoms with van der Waals surface area (Å²) in [6.07, 6.45) is 9.25. The molecule has 3 aliphatic rings. The Labute approximate surface area is 189 Å². The molecule has 4 heteroatoms. The number of allylic oxidation sites excluding steroid dienone is 1. The minimum Gasteiger partial charge on any atom is -0.507 e. The van der Waals surface area contributed by atoms with Gasteiger partial charge in [0.05, 0.1) is 18.8 Å². The Balaban J connectivity index is 1.41. The summed E-state index contributed by atoms with van der Waals surface area (Å²) in [5.74, 6) is 2.19. The SMILES string of the molecule is COc1ccc(/C=C/C(=O)c2cc3c(cc2O)CC[C@@H]2[C@@H]3CC[C@]3(C)[C@@H](O)CC[C@@H]23)cc1. The summed E-state index contributed by atoms with van der Waals surface area (Å²) in [6, 6.07) is 11.3. The van der Waals surface area contributed by atoms with Gasteiger partial charge in [-0.25, -0.2) is 0 Å². The highest BCUT2D eigenvalue weighted by atomic mass is 16.5. The third-order valence-electron chi connectivity index (χ3n) is 8.60. The van der Waals surface area contributed by atoms with Crippen molar-refractivity contribution in [3.8, 4) is 11.5 Å². The largest absolute Gasteiger partial charge is 0.507 e. The van der Waals surface area contributed by atoms with Crippen LogP contribution in [0.1, 0.15) is 72.0 Å². The molecule has 0 spiro atoms. The highest BCUT2D eigenvalue weighted by Crippen LogP contribution is 2.61. The minimum atomic E-state index is -0.185. The number of benzene rings is 2. The molecule has 0 unspecified atom stereocenters. The molecule has 2 fully saturated rings.